The van der Waals surface area contributed by atoms with Crippen molar-refractivity contribution in [3.63, 3.8) is 0 Å². The number of benzene rings is 1. The van der Waals surface area contributed by atoms with E-state index >= 15 is 0 Å². The first kappa shape index (κ1) is 17.0. The molecule has 1 aromatic rings. The lowest BCUT2D eigenvalue weighted by Gasteiger charge is -2.08. The van der Waals surface area contributed by atoms with Crippen LogP contribution in [0.3, 0.4) is 0 Å². The maximum absolute atomic E-state index is 12.0. The standard InChI is InChI=1S/C16H23NO4/c1-3-11-21-14-8-5-7-13(12-14)16(19)17-10-6-9-15(18)20-4-2/h5,7-8,12H,3-4,6,9-11H2,1-2H3,(H,17,19). The molecule has 0 bridgehead atoms. The van der Waals surface area contributed by atoms with Gasteiger partial charge in [-0.3, -0.25) is 9.59 Å². The van der Waals surface area contributed by atoms with Crippen molar-refractivity contribution >= 4 is 11.9 Å². The molecule has 0 aromatic heterocycles. The van der Waals surface area contributed by atoms with Crippen LogP contribution >= 0.6 is 0 Å². The summed E-state index contributed by atoms with van der Waals surface area (Å²) >= 11 is 0. The third-order valence-electron chi connectivity index (χ3n) is 2.72. The molecule has 0 aliphatic rings. The van der Waals surface area contributed by atoms with Gasteiger partial charge < -0.3 is 14.8 Å². The predicted octanol–water partition coefficient (Wildman–Crippen LogP) is 2.55. The molecular formula is C16H23NO4. The minimum absolute atomic E-state index is 0.166. The summed E-state index contributed by atoms with van der Waals surface area (Å²) < 4.78 is 10.3. The highest BCUT2D eigenvalue weighted by Crippen LogP contribution is 2.13. The van der Waals surface area contributed by atoms with Gasteiger partial charge in [-0.15, -0.1) is 0 Å². The first-order valence-corrected chi connectivity index (χ1v) is 7.34. The fourth-order valence-electron chi connectivity index (χ4n) is 1.72. The summed E-state index contributed by atoms with van der Waals surface area (Å²) in [6, 6.07) is 7.07. The molecule has 1 rings (SSSR count). The van der Waals surface area contributed by atoms with E-state index in [0.29, 0.717) is 43.9 Å². The molecule has 5 nitrogen and oxygen atoms in total. The third kappa shape index (κ3) is 6.79. The Labute approximate surface area is 125 Å². The molecule has 21 heavy (non-hydrogen) atoms. The highest BCUT2D eigenvalue weighted by molar-refractivity contribution is 5.94. The highest BCUT2D eigenvalue weighted by Gasteiger charge is 2.07. The molecule has 0 aliphatic carbocycles. The van der Waals surface area contributed by atoms with Crippen LogP contribution in [0.5, 0.6) is 5.75 Å². The Kier molecular flexibility index (Phi) is 7.94. The van der Waals surface area contributed by atoms with Gasteiger partial charge in [-0.2, -0.15) is 0 Å². The Morgan fingerprint density at radius 3 is 2.76 bits per heavy atom. The lowest BCUT2D eigenvalue weighted by Crippen LogP contribution is -2.25. The third-order valence-corrected chi connectivity index (χ3v) is 2.72. The molecule has 0 radical (unpaired) electrons. The molecule has 5 heteroatoms. The van der Waals surface area contributed by atoms with Gasteiger partial charge in [0.2, 0.25) is 0 Å². The molecule has 0 saturated carbocycles. The van der Waals surface area contributed by atoms with Crippen LogP contribution in [0.25, 0.3) is 0 Å². The van der Waals surface area contributed by atoms with E-state index in [0.717, 1.165) is 6.42 Å². The Balaban J connectivity index is 2.36. The number of hydrogen-bond donors (Lipinski definition) is 1. The van der Waals surface area contributed by atoms with E-state index < -0.39 is 0 Å². The number of amides is 1. The zero-order valence-corrected chi connectivity index (χ0v) is 12.7. The number of rotatable bonds is 9. The van der Waals surface area contributed by atoms with Crippen LogP contribution in [0.15, 0.2) is 24.3 Å². The molecule has 0 saturated heterocycles. The molecule has 0 spiro atoms. The molecule has 116 valence electrons. The van der Waals surface area contributed by atoms with Crippen molar-refractivity contribution in [2.75, 3.05) is 19.8 Å². The molecule has 0 heterocycles. The van der Waals surface area contributed by atoms with E-state index in [9.17, 15) is 9.59 Å². The molecule has 1 amide bonds. The second kappa shape index (κ2) is 9.80. The lowest BCUT2D eigenvalue weighted by molar-refractivity contribution is -0.143. The quantitative estimate of drug-likeness (QED) is 0.561. The predicted molar refractivity (Wildman–Crippen MR) is 80.4 cm³/mol. The van der Waals surface area contributed by atoms with Gasteiger partial charge in [0, 0.05) is 18.5 Å². The van der Waals surface area contributed by atoms with Gasteiger partial charge in [-0.1, -0.05) is 13.0 Å². The summed E-state index contributed by atoms with van der Waals surface area (Å²) in [4.78, 5) is 23.1. The summed E-state index contributed by atoms with van der Waals surface area (Å²) in [7, 11) is 0. The van der Waals surface area contributed by atoms with Crippen LogP contribution in [0.4, 0.5) is 0 Å². The monoisotopic (exact) mass is 293 g/mol. The Hall–Kier alpha value is -2.04. The van der Waals surface area contributed by atoms with E-state index in [-0.39, 0.29) is 11.9 Å². The average molecular weight is 293 g/mol. The molecular weight excluding hydrogens is 270 g/mol. The number of carbonyl (C=O) groups is 2. The SMILES string of the molecule is CCCOc1cccc(C(=O)NCCCC(=O)OCC)c1. The number of carbonyl (C=O) groups excluding carboxylic acids is 2. The molecule has 0 aliphatic heterocycles. The summed E-state index contributed by atoms with van der Waals surface area (Å²) in [5.41, 5.74) is 0.555. The van der Waals surface area contributed by atoms with Gasteiger partial charge >= 0.3 is 5.97 Å². The van der Waals surface area contributed by atoms with Crippen LogP contribution in [0.2, 0.25) is 0 Å². The first-order valence-electron chi connectivity index (χ1n) is 7.34. The first-order chi connectivity index (χ1) is 10.2. The Bertz CT molecular complexity index is 459. The Morgan fingerprint density at radius 1 is 1.24 bits per heavy atom. The van der Waals surface area contributed by atoms with Gasteiger partial charge in [-0.05, 0) is 38.0 Å². The summed E-state index contributed by atoms with van der Waals surface area (Å²) in [6.07, 6.45) is 1.80. The zero-order valence-electron chi connectivity index (χ0n) is 12.7. The minimum atomic E-state index is -0.235. The van der Waals surface area contributed by atoms with E-state index in [1.165, 1.54) is 0 Å². The van der Waals surface area contributed by atoms with Crippen molar-refractivity contribution < 1.29 is 19.1 Å². The normalized spacial score (nSPS) is 10.0. The summed E-state index contributed by atoms with van der Waals surface area (Å²) in [6.45, 7) is 5.26. The van der Waals surface area contributed by atoms with E-state index in [2.05, 4.69) is 5.32 Å². The van der Waals surface area contributed by atoms with Crippen LogP contribution in [-0.4, -0.2) is 31.6 Å². The van der Waals surface area contributed by atoms with Crippen LogP contribution in [0, 0.1) is 0 Å². The van der Waals surface area contributed by atoms with Crippen LogP contribution < -0.4 is 10.1 Å². The molecule has 1 N–H and O–H groups in total. The van der Waals surface area contributed by atoms with Gasteiger partial charge in [0.25, 0.3) is 5.91 Å². The maximum atomic E-state index is 12.0. The van der Waals surface area contributed by atoms with Crippen molar-refractivity contribution in [1.29, 1.82) is 0 Å². The summed E-state index contributed by atoms with van der Waals surface area (Å²) in [5.74, 6) is 0.290. The zero-order chi connectivity index (χ0) is 15.5. The number of esters is 1. The van der Waals surface area contributed by atoms with Crippen LogP contribution in [0.1, 0.15) is 43.5 Å². The van der Waals surface area contributed by atoms with Crippen molar-refractivity contribution in [2.24, 2.45) is 0 Å². The molecule has 1 aromatic carbocycles. The highest BCUT2D eigenvalue weighted by atomic mass is 16.5. The van der Waals surface area contributed by atoms with Gasteiger partial charge in [0.1, 0.15) is 5.75 Å². The molecule has 0 fully saturated rings. The molecule has 0 atom stereocenters. The minimum Gasteiger partial charge on any atom is -0.494 e. The maximum Gasteiger partial charge on any atom is 0.305 e. The van der Waals surface area contributed by atoms with Gasteiger partial charge in [-0.25, -0.2) is 0 Å². The van der Waals surface area contributed by atoms with Crippen molar-refractivity contribution in [3.8, 4) is 5.75 Å². The smallest absolute Gasteiger partial charge is 0.305 e. The van der Waals surface area contributed by atoms with Crippen molar-refractivity contribution in [2.45, 2.75) is 33.1 Å². The lowest BCUT2D eigenvalue weighted by atomic mass is 10.2. The number of nitrogens with one attached hydrogen (secondary N) is 1. The van der Waals surface area contributed by atoms with Crippen LogP contribution in [-0.2, 0) is 9.53 Å². The van der Waals surface area contributed by atoms with E-state index in [4.69, 9.17) is 9.47 Å². The fourth-order valence-corrected chi connectivity index (χ4v) is 1.72. The average Bonchev–Trinajstić information content (AvgIpc) is 2.50. The van der Waals surface area contributed by atoms with E-state index in [1.54, 1.807) is 25.1 Å². The number of ether oxygens (including phenoxy) is 2. The van der Waals surface area contributed by atoms with Gasteiger partial charge in [0.15, 0.2) is 0 Å². The topological polar surface area (TPSA) is 64.6 Å². The Morgan fingerprint density at radius 2 is 2.05 bits per heavy atom. The number of hydrogen-bond acceptors (Lipinski definition) is 4. The van der Waals surface area contributed by atoms with Crippen molar-refractivity contribution in [3.05, 3.63) is 29.8 Å². The fraction of sp³-hybridized carbons (Fsp3) is 0.500. The summed E-state index contributed by atoms with van der Waals surface area (Å²) in [5, 5.41) is 2.78. The second-order valence-electron chi connectivity index (χ2n) is 4.54. The van der Waals surface area contributed by atoms with Crippen molar-refractivity contribution in [1.82, 2.24) is 5.32 Å². The second-order valence-corrected chi connectivity index (χ2v) is 4.54. The van der Waals surface area contributed by atoms with Gasteiger partial charge in [0.05, 0.1) is 13.2 Å². The van der Waals surface area contributed by atoms with E-state index in [1.807, 2.05) is 13.0 Å². The molecule has 0 unspecified atom stereocenters. The largest absolute Gasteiger partial charge is 0.494 e.